The molecule has 33 heavy (non-hydrogen) atoms. The van der Waals surface area contributed by atoms with Crippen molar-refractivity contribution < 1.29 is 22.7 Å². The lowest BCUT2D eigenvalue weighted by molar-refractivity contribution is -0.111. The van der Waals surface area contributed by atoms with Crippen molar-refractivity contribution in [2.75, 3.05) is 23.3 Å². The summed E-state index contributed by atoms with van der Waals surface area (Å²) in [6.45, 7) is 5.23. The van der Waals surface area contributed by atoms with Gasteiger partial charge in [0.2, 0.25) is 0 Å². The van der Waals surface area contributed by atoms with Crippen molar-refractivity contribution in [3.8, 4) is 0 Å². The molecule has 1 unspecified atom stereocenters. The van der Waals surface area contributed by atoms with Crippen LogP contribution in [0.3, 0.4) is 0 Å². The molecule has 2 aromatic rings. The highest BCUT2D eigenvalue weighted by atomic mass is 32.2. The lowest BCUT2D eigenvalue weighted by Gasteiger charge is -2.31. The van der Waals surface area contributed by atoms with Gasteiger partial charge in [0.15, 0.2) is 11.1 Å². The van der Waals surface area contributed by atoms with Crippen molar-refractivity contribution in [1.82, 2.24) is 4.98 Å². The highest BCUT2D eigenvalue weighted by molar-refractivity contribution is 7.79. The van der Waals surface area contributed by atoms with E-state index in [4.69, 9.17) is 4.74 Å². The van der Waals surface area contributed by atoms with Gasteiger partial charge in [-0.05, 0) is 63.1 Å². The van der Waals surface area contributed by atoms with Crippen molar-refractivity contribution in [3.63, 3.8) is 0 Å². The average molecular weight is 470 g/mol. The van der Waals surface area contributed by atoms with E-state index in [0.29, 0.717) is 48.5 Å². The molecule has 0 radical (unpaired) electrons. The van der Waals surface area contributed by atoms with Gasteiger partial charge < -0.3 is 19.5 Å². The molecule has 1 fully saturated rings. The SMILES string of the molecule is CC1(C)OC(=C2C(=O)Nc3cc(F)ccc32)C=C1c1ccc(N2CCC(S(=O)O)CC2)nc1. The van der Waals surface area contributed by atoms with Gasteiger partial charge in [-0.25, -0.2) is 13.6 Å². The lowest BCUT2D eigenvalue weighted by atomic mass is 9.93. The molecule has 172 valence electrons. The highest BCUT2D eigenvalue weighted by Crippen LogP contribution is 2.44. The van der Waals surface area contributed by atoms with E-state index in [1.807, 2.05) is 32.1 Å². The summed E-state index contributed by atoms with van der Waals surface area (Å²) in [6.07, 6.45) is 4.95. The van der Waals surface area contributed by atoms with Crippen LogP contribution in [0, 0.1) is 5.82 Å². The topological polar surface area (TPSA) is 91.8 Å². The minimum absolute atomic E-state index is 0.178. The largest absolute Gasteiger partial charge is 0.482 e. The summed E-state index contributed by atoms with van der Waals surface area (Å²) in [6, 6.07) is 8.12. The van der Waals surface area contributed by atoms with Crippen LogP contribution < -0.4 is 10.2 Å². The summed E-state index contributed by atoms with van der Waals surface area (Å²) in [4.78, 5) is 19.4. The average Bonchev–Trinajstić information content (AvgIpc) is 3.27. The highest BCUT2D eigenvalue weighted by Gasteiger charge is 2.38. The molecule has 1 amide bonds. The maximum atomic E-state index is 13.6. The summed E-state index contributed by atoms with van der Waals surface area (Å²) in [5.41, 5.74) is 2.53. The van der Waals surface area contributed by atoms with Crippen LogP contribution in [0.4, 0.5) is 15.9 Å². The van der Waals surface area contributed by atoms with E-state index in [9.17, 15) is 17.9 Å². The summed E-state index contributed by atoms with van der Waals surface area (Å²) in [5.74, 6) is 0.535. The number of carbonyl (C=O) groups excluding carboxylic acids is 1. The van der Waals surface area contributed by atoms with Gasteiger partial charge in [-0.15, -0.1) is 0 Å². The molecular weight excluding hydrogens is 445 g/mol. The molecule has 1 aromatic carbocycles. The van der Waals surface area contributed by atoms with E-state index >= 15 is 0 Å². The third-order valence-corrected chi connectivity index (χ3v) is 7.41. The van der Waals surface area contributed by atoms with E-state index in [2.05, 4.69) is 15.2 Å². The maximum Gasteiger partial charge on any atom is 0.260 e. The quantitative estimate of drug-likeness (QED) is 0.522. The predicted octanol–water partition coefficient (Wildman–Crippen LogP) is 3.97. The molecule has 0 aliphatic carbocycles. The lowest BCUT2D eigenvalue weighted by Crippen LogP contribution is -2.38. The van der Waals surface area contributed by atoms with E-state index in [-0.39, 0.29) is 11.2 Å². The number of halogens is 1. The van der Waals surface area contributed by atoms with Gasteiger partial charge in [-0.2, -0.15) is 0 Å². The molecule has 3 aliphatic rings. The van der Waals surface area contributed by atoms with Crippen LogP contribution in [-0.2, 0) is 20.6 Å². The molecule has 0 bridgehead atoms. The predicted molar refractivity (Wildman–Crippen MR) is 125 cm³/mol. The maximum absolute atomic E-state index is 13.6. The number of nitrogens with one attached hydrogen (secondary N) is 1. The van der Waals surface area contributed by atoms with E-state index < -0.39 is 22.5 Å². The fraction of sp³-hybridized carbons (Fsp3) is 0.333. The Bertz CT molecular complexity index is 1210. The second kappa shape index (κ2) is 8.07. The fourth-order valence-electron chi connectivity index (χ4n) is 4.63. The summed E-state index contributed by atoms with van der Waals surface area (Å²) >= 11 is -1.78. The Balaban J connectivity index is 1.43. The molecular formula is C24H24FN3O4S. The van der Waals surface area contributed by atoms with Crippen LogP contribution in [0.1, 0.15) is 37.8 Å². The third-order valence-electron chi connectivity index (χ3n) is 6.37. The van der Waals surface area contributed by atoms with E-state index in [0.717, 1.165) is 17.0 Å². The van der Waals surface area contributed by atoms with Crippen molar-refractivity contribution in [3.05, 3.63) is 65.3 Å². The second-order valence-corrected chi connectivity index (χ2v) is 10.1. The number of amides is 1. The van der Waals surface area contributed by atoms with Gasteiger partial charge in [0.25, 0.3) is 5.91 Å². The Morgan fingerprint density at radius 3 is 2.67 bits per heavy atom. The minimum atomic E-state index is -1.78. The Kier molecular flexibility index (Phi) is 5.33. The van der Waals surface area contributed by atoms with Crippen LogP contribution in [0.2, 0.25) is 0 Å². The summed E-state index contributed by atoms with van der Waals surface area (Å²) in [7, 11) is 0. The standard InChI is InChI=1S/C24H24FN3O4S/c1-24(2)18(12-20(32-24)22-17-5-4-15(25)11-19(17)27-23(22)29)14-3-6-21(26-13-14)28-9-7-16(8-10-28)33(30)31/h3-6,11-13,16H,7-10H2,1-2H3,(H,27,29)(H,30,31). The molecule has 1 atom stereocenters. The molecule has 3 aliphatic heterocycles. The molecule has 7 nitrogen and oxygen atoms in total. The zero-order valence-electron chi connectivity index (χ0n) is 18.3. The van der Waals surface area contributed by atoms with Crippen LogP contribution >= 0.6 is 0 Å². The number of hydrogen-bond donors (Lipinski definition) is 2. The molecule has 1 saturated heterocycles. The number of pyridine rings is 1. The van der Waals surface area contributed by atoms with Crippen molar-refractivity contribution >= 4 is 39.6 Å². The number of hydrogen-bond acceptors (Lipinski definition) is 5. The summed E-state index contributed by atoms with van der Waals surface area (Å²) in [5, 5.41) is 2.52. The van der Waals surface area contributed by atoms with Crippen molar-refractivity contribution in [2.45, 2.75) is 37.5 Å². The first-order valence-electron chi connectivity index (χ1n) is 10.8. The first kappa shape index (κ1) is 21.8. The number of anilines is 2. The summed E-state index contributed by atoms with van der Waals surface area (Å²) < 4.78 is 40.3. The monoisotopic (exact) mass is 469 g/mol. The van der Waals surface area contributed by atoms with E-state index in [1.165, 1.54) is 12.1 Å². The molecule has 9 heteroatoms. The number of ether oxygens (including phenoxy) is 1. The molecule has 1 aromatic heterocycles. The van der Waals surface area contributed by atoms with Gasteiger partial charge in [0, 0.05) is 36.0 Å². The Morgan fingerprint density at radius 2 is 2.00 bits per heavy atom. The van der Waals surface area contributed by atoms with Gasteiger partial charge in [-0.1, -0.05) is 0 Å². The molecule has 5 rings (SSSR count). The van der Waals surface area contributed by atoms with Gasteiger partial charge in [0.05, 0.1) is 16.5 Å². The Labute approximate surface area is 193 Å². The number of aromatic nitrogens is 1. The van der Waals surface area contributed by atoms with Crippen LogP contribution in [0.25, 0.3) is 11.1 Å². The number of nitrogens with zero attached hydrogens (tertiary/aromatic N) is 2. The number of benzene rings is 1. The van der Waals surface area contributed by atoms with Crippen molar-refractivity contribution in [2.24, 2.45) is 0 Å². The fourth-order valence-corrected chi connectivity index (χ4v) is 5.24. The van der Waals surface area contributed by atoms with E-state index in [1.54, 1.807) is 12.3 Å². The molecule has 4 heterocycles. The number of rotatable bonds is 3. The Hall–Kier alpha value is -3.04. The molecule has 2 N–H and O–H groups in total. The van der Waals surface area contributed by atoms with Crippen LogP contribution in [0.5, 0.6) is 0 Å². The number of allylic oxidation sites excluding steroid dienone is 1. The van der Waals surface area contributed by atoms with Crippen LogP contribution in [0.15, 0.2) is 48.4 Å². The first-order valence-corrected chi connectivity index (χ1v) is 12.0. The number of piperidine rings is 1. The molecule has 0 saturated carbocycles. The normalized spacial score (nSPS) is 23.1. The van der Waals surface area contributed by atoms with Gasteiger partial charge in [0.1, 0.15) is 23.0 Å². The van der Waals surface area contributed by atoms with Crippen LogP contribution in [-0.4, -0.2) is 43.6 Å². The van der Waals surface area contributed by atoms with Gasteiger partial charge in [-0.3, -0.25) is 4.79 Å². The number of fused-ring (bicyclic) bond motifs is 1. The zero-order valence-corrected chi connectivity index (χ0v) is 19.1. The van der Waals surface area contributed by atoms with Crippen molar-refractivity contribution in [1.29, 1.82) is 0 Å². The first-order chi connectivity index (χ1) is 15.7. The zero-order chi connectivity index (χ0) is 23.3. The smallest absolute Gasteiger partial charge is 0.260 e. The Morgan fingerprint density at radius 1 is 1.24 bits per heavy atom. The molecule has 0 spiro atoms. The third kappa shape index (κ3) is 3.95. The van der Waals surface area contributed by atoms with Gasteiger partial charge >= 0.3 is 0 Å². The second-order valence-electron chi connectivity index (χ2n) is 8.92. The minimum Gasteiger partial charge on any atom is -0.482 e. The number of carbonyl (C=O) groups is 1.